The highest BCUT2D eigenvalue weighted by molar-refractivity contribution is 5.77. The average molecular weight is 320 g/mol. The van der Waals surface area contributed by atoms with Crippen molar-refractivity contribution in [1.29, 1.82) is 0 Å². The van der Waals surface area contributed by atoms with Crippen LogP contribution in [0.5, 0.6) is 5.75 Å². The maximum absolute atomic E-state index is 11.8. The molecule has 0 saturated carbocycles. The van der Waals surface area contributed by atoms with Crippen molar-refractivity contribution in [2.75, 3.05) is 13.1 Å². The summed E-state index contributed by atoms with van der Waals surface area (Å²) in [5, 5.41) is 6.13. The van der Waals surface area contributed by atoms with Crippen molar-refractivity contribution < 1.29 is 9.53 Å². The number of ether oxygens (including phenoxy) is 1. The molecule has 0 aliphatic carbocycles. The van der Waals surface area contributed by atoms with Crippen LogP contribution in [0, 0.1) is 0 Å². The van der Waals surface area contributed by atoms with E-state index in [9.17, 15) is 4.79 Å². The van der Waals surface area contributed by atoms with Crippen molar-refractivity contribution in [3.05, 3.63) is 29.8 Å². The molecule has 130 valence electrons. The molecule has 0 aliphatic heterocycles. The van der Waals surface area contributed by atoms with Crippen molar-refractivity contribution in [1.82, 2.24) is 10.6 Å². The third kappa shape index (κ3) is 9.95. The topological polar surface area (TPSA) is 50.4 Å². The molecule has 0 unspecified atom stereocenters. The highest BCUT2D eigenvalue weighted by Gasteiger charge is 2.02. The van der Waals surface area contributed by atoms with E-state index in [2.05, 4.69) is 17.6 Å². The van der Waals surface area contributed by atoms with Crippen LogP contribution in [0.3, 0.4) is 0 Å². The van der Waals surface area contributed by atoms with Crippen LogP contribution in [-0.4, -0.2) is 25.1 Å². The number of benzene rings is 1. The fourth-order valence-corrected chi connectivity index (χ4v) is 2.28. The fraction of sp³-hybridized carbons (Fsp3) is 0.632. The molecule has 4 heteroatoms. The van der Waals surface area contributed by atoms with E-state index in [0.29, 0.717) is 13.1 Å². The third-order valence-corrected chi connectivity index (χ3v) is 3.53. The van der Waals surface area contributed by atoms with Crippen LogP contribution >= 0.6 is 0 Å². The Labute approximate surface area is 141 Å². The van der Waals surface area contributed by atoms with Crippen LogP contribution in [0.4, 0.5) is 0 Å². The van der Waals surface area contributed by atoms with Crippen molar-refractivity contribution in [2.24, 2.45) is 0 Å². The predicted molar refractivity (Wildman–Crippen MR) is 95.7 cm³/mol. The van der Waals surface area contributed by atoms with Gasteiger partial charge >= 0.3 is 0 Å². The van der Waals surface area contributed by atoms with Crippen molar-refractivity contribution in [3.63, 3.8) is 0 Å². The summed E-state index contributed by atoms with van der Waals surface area (Å²) in [6, 6.07) is 7.85. The molecule has 4 nitrogen and oxygen atoms in total. The lowest BCUT2D eigenvalue weighted by atomic mass is 10.1. The van der Waals surface area contributed by atoms with Crippen LogP contribution in [0.2, 0.25) is 0 Å². The van der Waals surface area contributed by atoms with Gasteiger partial charge in [-0.1, -0.05) is 44.7 Å². The van der Waals surface area contributed by atoms with E-state index in [4.69, 9.17) is 4.74 Å². The van der Waals surface area contributed by atoms with Gasteiger partial charge < -0.3 is 15.4 Å². The minimum atomic E-state index is 0.0427. The Hall–Kier alpha value is -1.55. The molecule has 0 bridgehead atoms. The monoisotopic (exact) mass is 320 g/mol. The summed E-state index contributed by atoms with van der Waals surface area (Å²) in [5.74, 6) is 0.904. The molecule has 0 atom stereocenters. The lowest BCUT2D eigenvalue weighted by Gasteiger charge is -2.10. The minimum absolute atomic E-state index is 0.0427. The smallest absolute Gasteiger partial charge is 0.234 e. The lowest BCUT2D eigenvalue weighted by molar-refractivity contribution is -0.120. The van der Waals surface area contributed by atoms with E-state index in [1.54, 1.807) is 0 Å². The van der Waals surface area contributed by atoms with Gasteiger partial charge in [0.1, 0.15) is 5.75 Å². The Kier molecular flexibility index (Phi) is 10.1. The Morgan fingerprint density at radius 1 is 1.09 bits per heavy atom. The zero-order valence-corrected chi connectivity index (χ0v) is 14.9. The number of hydrogen-bond donors (Lipinski definition) is 2. The summed E-state index contributed by atoms with van der Waals surface area (Å²) in [5.41, 5.74) is 1.08. The van der Waals surface area contributed by atoms with E-state index in [-0.39, 0.29) is 12.0 Å². The molecule has 2 N–H and O–H groups in total. The minimum Gasteiger partial charge on any atom is -0.491 e. The molecule has 0 aliphatic rings. The van der Waals surface area contributed by atoms with Gasteiger partial charge in [0.2, 0.25) is 5.91 Å². The number of carbonyl (C=O) groups is 1. The first-order chi connectivity index (χ1) is 11.1. The molecule has 0 saturated heterocycles. The second-order valence-electron chi connectivity index (χ2n) is 6.18. The Morgan fingerprint density at radius 2 is 1.78 bits per heavy atom. The average Bonchev–Trinajstić information content (AvgIpc) is 2.53. The summed E-state index contributed by atoms with van der Waals surface area (Å²) >= 11 is 0. The Bertz CT molecular complexity index is 430. The van der Waals surface area contributed by atoms with Gasteiger partial charge in [-0.3, -0.25) is 4.79 Å². The van der Waals surface area contributed by atoms with E-state index >= 15 is 0 Å². The number of rotatable bonds is 12. The maximum atomic E-state index is 11.8. The summed E-state index contributed by atoms with van der Waals surface area (Å²) in [7, 11) is 0. The molecule has 0 fully saturated rings. The van der Waals surface area contributed by atoms with E-state index in [0.717, 1.165) is 24.3 Å². The number of unbranched alkanes of at least 4 members (excludes halogenated alkanes) is 4. The molecule has 1 rings (SSSR count). The van der Waals surface area contributed by atoms with Gasteiger partial charge in [-0.2, -0.15) is 0 Å². The van der Waals surface area contributed by atoms with Crippen LogP contribution < -0.4 is 15.4 Å². The number of carbonyl (C=O) groups excluding carboxylic acids is 1. The number of nitrogens with one attached hydrogen (secondary N) is 2. The SMILES string of the molecule is CCCCCCCNCC(=O)NCc1ccc(OC(C)C)cc1. The molecule has 0 radical (unpaired) electrons. The van der Waals surface area contributed by atoms with Crippen LogP contribution in [0.1, 0.15) is 58.4 Å². The normalized spacial score (nSPS) is 10.8. The van der Waals surface area contributed by atoms with E-state index < -0.39 is 0 Å². The largest absolute Gasteiger partial charge is 0.491 e. The first-order valence-corrected chi connectivity index (χ1v) is 8.84. The quantitative estimate of drug-likeness (QED) is 0.578. The lowest BCUT2D eigenvalue weighted by Crippen LogP contribution is -2.33. The van der Waals surface area contributed by atoms with E-state index in [1.165, 1.54) is 25.7 Å². The Balaban J connectivity index is 2.11. The van der Waals surface area contributed by atoms with Crippen molar-refractivity contribution in [2.45, 2.75) is 65.5 Å². The first kappa shape index (κ1) is 19.5. The van der Waals surface area contributed by atoms with Gasteiger partial charge in [0.05, 0.1) is 12.6 Å². The highest BCUT2D eigenvalue weighted by Crippen LogP contribution is 2.13. The predicted octanol–water partition coefficient (Wildman–Crippen LogP) is 3.65. The van der Waals surface area contributed by atoms with E-state index in [1.807, 2.05) is 38.1 Å². The molecule has 1 aromatic carbocycles. The number of hydrogen-bond acceptors (Lipinski definition) is 3. The van der Waals surface area contributed by atoms with Gasteiger partial charge in [-0.25, -0.2) is 0 Å². The van der Waals surface area contributed by atoms with Crippen LogP contribution in [0.25, 0.3) is 0 Å². The van der Waals surface area contributed by atoms with Crippen LogP contribution in [-0.2, 0) is 11.3 Å². The van der Waals surface area contributed by atoms with Gasteiger partial charge in [-0.05, 0) is 44.5 Å². The molecule has 0 aromatic heterocycles. The number of amides is 1. The summed E-state index contributed by atoms with van der Waals surface area (Å²) in [6.45, 7) is 8.09. The van der Waals surface area contributed by atoms with Crippen molar-refractivity contribution in [3.8, 4) is 5.75 Å². The molecular weight excluding hydrogens is 288 g/mol. The second-order valence-corrected chi connectivity index (χ2v) is 6.18. The summed E-state index contributed by atoms with van der Waals surface area (Å²) in [4.78, 5) is 11.8. The molecule has 0 heterocycles. The second kappa shape index (κ2) is 11.9. The zero-order valence-electron chi connectivity index (χ0n) is 14.9. The molecular formula is C19H32N2O2. The summed E-state index contributed by atoms with van der Waals surface area (Å²) < 4.78 is 5.60. The Morgan fingerprint density at radius 3 is 2.43 bits per heavy atom. The van der Waals surface area contributed by atoms with Gasteiger partial charge in [-0.15, -0.1) is 0 Å². The first-order valence-electron chi connectivity index (χ1n) is 8.84. The molecule has 0 spiro atoms. The molecule has 1 aromatic rings. The summed E-state index contributed by atoms with van der Waals surface area (Å²) in [6.07, 6.45) is 6.43. The standard InChI is InChI=1S/C19H32N2O2/c1-4-5-6-7-8-13-20-15-19(22)21-14-17-9-11-18(12-10-17)23-16(2)3/h9-12,16,20H,4-8,13-15H2,1-3H3,(H,21,22). The molecule has 1 amide bonds. The fourth-order valence-electron chi connectivity index (χ4n) is 2.28. The van der Waals surface area contributed by atoms with Gasteiger partial charge in [0.15, 0.2) is 0 Å². The zero-order chi connectivity index (χ0) is 16.9. The van der Waals surface area contributed by atoms with Gasteiger partial charge in [0, 0.05) is 6.54 Å². The highest BCUT2D eigenvalue weighted by atomic mass is 16.5. The van der Waals surface area contributed by atoms with Crippen molar-refractivity contribution >= 4 is 5.91 Å². The maximum Gasteiger partial charge on any atom is 0.234 e. The van der Waals surface area contributed by atoms with Gasteiger partial charge in [0.25, 0.3) is 0 Å². The molecule has 23 heavy (non-hydrogen) atoms. The van der Waals surface area contributed by atoms with Crippen LogP contribution in [0.15, 0.2) is 24.3 Å². The third-order valence-electron chi connectivity index (χ3n) is 3.53.